The fourth-order valence-electron chi connectivity index (χ4n) is 2.21. The Bertz CT molecular complexity index is 382. The van der Waals surface area contributed by atoms with Gasteiger partial charge in [0.05, 0.1) is 7.11 Å². The molecule has 0 aromatic heterocycles. The summed E-state index contributed by atoms with van der Waals surface area (Å²) in [6, 6.07) is 6.09. The van der Waals surface area contributed by atoms with Gasteiger partial charge in [0.15, 0.2) is 11.5 Å². The summed E-state index contributed by atoms with van der Waals surface area (Å²) < 4.78 is 5.01. The van der Waals surface area contributed by atoms with Crippen molar-refractivity contribution >= 4 is 0 Å². The number of nitrogens with zero attached hydrogens (tertiary/aromatic N) is 1. The molecule has 1 aromatic carbocycles. The minimum Gasteiger partial charge on any atom is -0.504 e. The van der Waals surface area contributed by atoms with Crippen LogP contribution in [-0.2, 0) is 6.54 Å². The highest BCUT2D eigenvalue weighted by atomic mass is 16.5. The van der Waals surface area contributed by atoms with Gasteiger partial charge < -0.3 is 20.1 Å². The van der Waals surface area contributed by atoms with Crippen LogP contribution in [0.3, 0.4) is 0 Å². The summed E-state index contributed by atoms with van der Waals surface area (Å²) in [5.74, 6) is 0.727. The van der Waals surface area contributed by atoms with Crippen LogP contribution in [0.2, 0.25) is 0 Å². The molecule has 1 heterocycles. The predicted octanol–water partition coefficient (Wildman–Crippen LogP) is 1.19. The molecule has 0 bridgehead atoms. The summed E-state index contributed by atoms with van der Waals surface area (Å²) in [5, 5.41) is 13.2. The highest BCUT2D eigenvalue weighted by Gasteiger charge is 2.18. The van der Waals surface area contributed by atoms with Crippen LogP contribution in [0, 0.1) is 0 Å². The quantitative estimate of drug-likeness (QED) is 0.824. The number of phenols is 1. The maximum absolute atomic E-state index is 9.66. The van der Waals surface area contributed by atoms with Gasteiger partial charge in [-0.2, -0.15) is 0 Å². The molecule has 0 spiro atoms. The third-order valence-corrected chi connectivity index (χ3v) is 3.23. The van der Waals surface area contributed by atoms with Gasteiger partial charge in [-0.05, 0) is 37.7 Å². The van der Waals surface area contributed by atoms with Crippen molar-refractivity contribution in [3.63, 3.8) is 0 Å². The molecule has 4 nitrogen and oxygen atoms in total. The Kier molecular flexibility index (Phi) is 3.86. The lowest BCUT2D eigenvalue weighted by molar-refractivity contribution is 0.372. The number of rotatable bonds is 4. The summed E-state index contributed by atoms with van der Waals surface area (Å²) in [6.45, 7) is 3.05. The van der Waals surface area contributed by atoms with Gasteiger partial charge in [0.2, 0.25) is 0 Å². The summed E-state index contributed by atoms with van der Waals surface area (Å²) in [6.07, 6.45) is 1.19. The Balaban J connectivity index is 1.88. The first-order valence-electron chi connectivity index (χ1n) is 5.97. The van der Waals surface area contributed by atoms with Gasteiger partial charge in [-0.1, -0.05) is 6.07 Å². The van der Waals surface area contributed by atoms with E-state index in [1.807, 2.05) is 6.07 Å². The van der Waals surface area contributed by atoms with E-state index < -0.39 is 0 Å². The number of methoxy groups -OCH3 is 1. The Morgan fingerprint density at radius 1 is 1.53 bits per heavy atom. The van der Waals surface area contributed by atoms with Crippen molar-refractivity contribution in [3.05, 3.63) is 23.8 Å². The number of benzene rings is 1. The molecule has 94 valence electrons. The third kappa shape index (κ3) is 3.11. The normalized spacial score (nSPS) is 20.7. The third-order valence-electron chi connectivity index (χ3n) is 3.23. The molecule has 2 N–H and O–H groups in total. The van der Waals surface area contributed by atoms with E-state index in [1.54, 1.807) is 19.2 Å². The molecule has 2 rings (SSSR count). The van der Waals surface area contributed by atoms with E-state index in [9.17, 15) is 5.11 Å². The van der Waals surface area contributed by atoms with E-state index in [1.165, 1.54) is 6.42 Å². The van der Waals surface area contributed by atoms with Crippen LogP contribution in [0.4, 0.5) is 0 Å². The zero-order valence-electron chi connectivity index (χ0n) is 10.4. The Hall–Kier alpha value is -1.26. The average molecular weight is 236 g/mol. The molecule has 0 aliphatic carbocycles. The molecular weight excluding hydrogens is 216 g/mol. The van der Waals surface area contributed by atoms with E-state index >= 15 is 0 Å². The van der Waals surface area contributed by atoms with Crippen LogP contribution >= 0.6 is 0 Å². The van der Waals surface area contributed by atoms with Crippen LogP contribution in [0.15, 0.2) is 18.2 Å². The lowest BCUT2D eigenvalue weighted by Gasteiger charge is -2.13. The topological polar surface area (TPSA) is 44.7 Å². The standard InChI is InChI=1S/C13H20N2O2/c1-15-6-5-11(9-15)14-8-10-3-4-13(17-2)12(16)7-10/h3-4,7,11,14,16H,5-6,8-9H2,1-2H3. The first-order chi connectivity index (χ1) is 8.19. The Labute approximate surface area is 102 Å². The molecule has 1 saturated heterocycles. The number of hydrogen-bond donors (Lipinski definition) is 2. The van der Waals surface area contributed by atoms with Crippen molar-refractivity contribution in [2.75, 3.05) is 27.2 Å². The number of ether oxygens (including phenoxy) is 1. The highest BCUT2D eigenvalue weighted by molar-refractivity contribution is 5.41. The van der Waals surface area contributed by atoms with Crippen molar-refractivity contribution in [2.45, 2.75) is 19.0 Å². The van der Waals surface area contributed by atoms with Crippen molar-refractivity contribution in [1.29, 1.82) is 0 Å². The van der Waals surface area contributed by atoms with Gasteiger partial charge in [-0.15, -0.1) is 0 Å². The maximum atomic E-state index is 9.66. The molecule has 17 heavy (non-hydrogen) atoms. The molecule has 1 fully saturated rings. The molecule has 0 amide bonds. The molecule has 1 unspecified atom stereocenters. The van der Waals surface area contributed by atoms with E-state index in [-0.39, 0.29) is 5.75 Å². The first-order valence-corrected chi connectivity index (χ1v) is 5.97. The zero-order chi connectivity index (χ0) is 12.3. The second-order valence-electron chi connectivity index (χ2n) is 4.63. The molecule has 4 heteroatoms. The molecule has 1 aliphatic rings. The van der Waals surface area contributed by atoms with Crippen LogP contribution in [0.1, 0.15) is 12.0 Å². The van der Waals surface area contributed by atoms with Crippen molar-refractivity contribution in [1.82, 2.24) is 10.2 Å². The summed E-state index contributed by atoms with van der Waals surface area (Å²) in [4.78, 5) is 2.32. The Morgan fingerprint density at radius 2 is 2.35 bits per heavy atom. The molecule has 1 aromatic rings. The number of likely N-dealkylation sites (N-methyl/N-ethyl adjacent to an activating group) is 1. The number of aromatic hydroxyl groups is 1. The lowest BCUT2D eigenvalue weighted by Crippen LogP contribution is -2.30. The van der Waals surface area contributed by atoms with Gasteiger partial charge in [-0.25, -0.2) is 0 Å². The van der Waals surface area contributed by atoms with Crippen LogP contribution in [0.5, 0.6) is 11.5 Å². The largest absolute Gasteiger partial charge is 0.504 e. The molecule has 1 atom stereocenters. The van der Waals surface area contributed by atoms with E-state index in [0.717, 1.165) is 25.2 Å². The van der Waals surface area contributed by atoms with Gasteiger partial charge in [0.25, 0.3) is 0 Å². The van der Waals surface area contributed by atoms with Crippen LogP contribution in [0.25, 0.3) is 0 Å². The average Bonchev–Trinajstić information content (AvgIpc) is 2.73. The monoisotopic (exact) mass is 236 g/mol. The van der Waals surface area contributed by atoms with E-state index in [0.29, 0.717) is 11.8 Å². The predicted molar refractivity (Wildman–Crippen MR) is 67.4 cm³/mol. The van der Waals surface area contributed by atoms with Crippen LogP contribution in [-0.4, -0.2) is 43.3 Å². The van der Waals surface area contributed by atoms with Crippen molar-refractivity contribution < 1.29 is 9.84 Å². The second-order valence-corrected chi connectivity index (χ2v) is 4.63. The summed E-state index contributed by atoms with van der Waals surface area (Å²) in [7, 11) is 3.70. The fourth-order valence-corrected chi connectivity index (χ4v) is 2.21. The van der Waals surface area contributed by atoms with Gasteiger partial charge in [0.1, 0.15) is 0 Å². The summed E-state index contributed by atoms with van der Waals surface area (Å²) >= 11 is 0. The number of phenolic OH excluding ortho intramolecular Hbond substituents is 1. The Morgan fingerprint density at radius 3 is 2.94 bits per heavy atom. The zero-order valence-corrected chi connectivity index (χ0v) is 10.4. The van der Waals surface area contributed by atoms with Crippen LogP contribution < -0.4 is 10.1 Å². The second kappa shape index (κ2) is 5.38. The molecule has 1 aliphatic heterocycles. The van der Waals surface area contributed by atoms with Gasteiger partial charge >= 0.3 is 0 Å². The maximum Gasteiger partial charge on any atom is 0.160 e. The SMILES string of the molecule is COc1ccc(CNC2CCN(C)C2)cc1O. The van der Waals surface area contributed by atoms with Gasteiger partial charge in [0, 0.05) is 19.1 Å². The lowest BCUT2D eigenvalue weighted by atomic mass is 10.2. The van der Waals surface area contributed by atoms with E-state index in [4.69, 9.17) is 4.74 Å². The molecule has 0 saturated carbocycles. The minimum absolute atomic E-state index is 0.204. The minimum atomic E-state index is 0.204. The molecule has 0 radical (unpaired) electrons. The number of nitrogens with one attached hydrogen (secondary N) is 1. The highest BCUT2D eigenvalue weighted by Crippen LogP contribution is 2.26. The van der Waals surface area contributed by atoms with Crippen molar-refractivity contribution in [2.24, 2.45) is 0 Å². The smallest absolute Gasteiger partial charge is 0.160 e. The molecular formula is C13H20N2O2. The van der Waals surface area contributed by atoms with Gasteiger partial charge in [-0.3, -0.25) is 0 Å². The number of likely N-dealkylation sites (tertiary alicyclic amines) is 1. The summed E-state index contributed by atoms with van der Waals surface area (Å²) in [5.41, 5.74) is 1.08. The van der Waals surface area contributed by atoms with E-state index in [2.05, 4.69) is 17.3 Å². The fraction of sp³-hybridized carbons (Fsp3) is 0.538. The number of hydrogen-bond acceptors (Lipinski definition) is 4. The first kappa shape index (κ1) is 12.2. The van der Waals surface area contributed by atoms with Crippen molar-refractivity contribution in [3.8, 4) is 11.5 Å².